The molecular weight excluding hydrogens is 388 g/mol. The minimum absolute atomic E-state index is 0.271. The van der Waals surface area contributed by atoms with Crippen LogP contribution in [-0.2, 0) is 0 Å². The zero-order valence-electron chi connectivity index (χ0n) is 18.0. The summed E-state index contributed by atoms with van der Waals surface area (Å²) in [5, 5.41) is 18.7. The van der Waals surface area contributed by atoms with Gasteiger partial charge in [0.05, 0.1) is 0 Å². The molecule has 2 heterocycles. The normalized spacial score (nSPS) is 17.1. The maximum absolute atomic E-state index is 10.5. The molecular formula is C25H30N4O2. The van der Waals surface area contributed by atoms with Crippen LogP contribution in [-0.4, -0.2) is 65.6 Å². The molecule has 0 saturated carbocycles. The molecule has 162 valence electrons. The third-order valence-electron chi connectivity index (χ3n) is 5.68. The van der Waals surface area contributed by atoms with Crippen molar-refractivity contribution in [1.82, 2.24) is 15.1 Å². The second-order valence-corrected chi connectivity index (χ2v) is 8.15. The van der Waals surface area contributed by atoms with Gasteiger partial charge in [-0.15, -0.1) is 5.10 Å². The Bertz CT molecular complexity index is 921. The van der Waals surface area contributed by atoms with E-state index in [9.17, 15) is 5.11 Å². The van der Waals surface area contributed by atoms with Crippen LogP contribution in [0.3, 0.4) is 0 Å². The topological polar surface area (TPSA) is 61.7 Å². The molecule has 2 unspecified atom stereocenters. The van der Waals surface area contributed by atoms with E-state index in [-0.39, 0.29) is 6.61 Å². The van der Waals surface area contributed by atoms with E-state index >= 15 is 0 Å². The number of nitrogens with zero attached hydrogens (tertiary/aromatic N) is 4. The summed E-state index contributed by atoms with van der Waals surface area (Å²) < 4.78 is 5.81. The molecule has 6 heteroatoms. The summed E-state index contributed by atoms with van der Waals surface area (Å²) >= 11 is 0. The van der Waals surface area contributed by atoms with E-state index in [4.69, 9.17) is 4.74 Å². The summed E-state index contributed by atoms with van der Waals surface area (Å²) in [5.74, 6) is 1.70. The van der Waals surface area contributed by atoms with E-state index in [1.165, 1.54) is 5.56 Å². The molecule has 1 fully saturated rings. The summed E-state index contributed by atoms with van der Waals surface area (Å²) in [4.78, 5) is 4.49. The average molecular weight is 419 g/mol. The molecule has 1 aliphatic heterocycles. The number of aliphatic hydroxyl groups excluding tert-OH is 1. The van der Waals surface area contributed by atoms with Gasteiger partial charge < -0.3 is 19.6 Å². The van der Waals surface area contributed by atoms with Gasteiger partial charge >= 0.3 is 0 Å². The van der Waals surface area contributed by atoms with Gasteiger partial charge in [-0.05, 0) is 55.3 Å². The molecule has 2 atom stereocenters. The summed E-state index contributed by atoms with van der Waals surface area (Å²) in [6, 6.07) is 22.6. The van der Waals surface area contributed by atoms with E-state index in [1.807, 2.05) is 61.6 Å². The van der Waals surface area contributed by atoms with Crippen LogP contribution in [0.2, 0.25) is 0 Å². The number of likely N-dealkylation sites (N-methyl/N-ethyl adjacent to an activating group) is 1. The Kier molecular flexibility index (Phi) is 7.12. The average Bonchev–Trinajstić information content (AvgIpc) is 3.27. The van der Waals surface area contributed by atoms with Crippen molar-refractivity contribution in [2.24, 2.45) is 0 Å². The van der Waals surface area contributed by atoms with Gasteiger partial charge in [0.25, 0.3) is 0 Å². The molecule has 0 radical (unpaired) electrons. The summed E-state index contributed by atoms with van der Waals surface area (Å²) in [5.41, 5.74) is 2.33. The Balaban J connectivity index is 1.23. The van der Waals surface area contributed by atoms with Gasteiger partial charge in [0.15, 0.2) is 5.82 Å². The van der Waals surface area contributed by atoms with Crippen LogP contribution >= 0.6 is 0 Å². The number of ether oxygens (including phenoxy) is 1. The molecule has 0 bridgehead atoms. The van der Waals surface area contributed by atoms with E-state index < -0.39 is 6.10 Å². The highest BCUT2D eigenvalue weighted by atomic mass is 16.5. The molecule has 0 amide bonds. The molecule has 3 aromatic rings. The Hall–Kier alpha value is -2.96. The Morgan fingerprint density at radius 1 is 1.06 bits per heavy atom. The van der Waals surface area contributed by atoms with Crippen LogP contribution in [0.1, 0.15) is 12.8 Å². The van der Waals surface area contributed by atoms with Crippen LogP contribution in [0.5, 0.6) is 5.75 Å². The Labute approximate surface area is 184 Å². The lowest BCUT2D eigenvalue weighted by molar-refractivity contribution is 0.0748. The quantitative estimate of drug-likeness (QED) is 0.574. The molecule has 6 nitrogen and oxygen atoms in total. The maximum atomic E-state index is 10.5. The third kappa shape index (κ3) is 5.81. The van der Waals surface area contributed by atoms with Crippen molar-refractivity contribution in [3.63, 3.8) is 0 Å². The molecule has 1 aliphatic rings. The fourth-order valence-corrected chi connectivity index (χ4v) is 4.19. The largest absolute Gasteiger partial charge is 0.491 e. The summed E-state index contributed by atoms with van der Waals surface area (Å²) in [6.45, 7) is 2.71. The van der Waals surface area contributed by atoms with E-state index in [2.05, 4.69) is 32.1 Å². The van der Waals surface area contributed by atoms with Crippen molar-refractivity contribution < 1.29 is 9.84 Å². The lowest BCUT2D eigenvalue weighted by atomic mass is 10.1. The minimum Gasteiger partial charge on any atom is -0.491 e. The van der Waals surface area contributed by atoms with Crippen LogP contribution < -0.4 is 9.64 Å². The zero-order chi connectivity index (χ0) is 21.5. The third-order valence-corrected chi connectivity index (χ3v) is 5.68. The van der Waals surface area contributed by atoms with Crippen LogP contribution in [0, 0.1) is 0 Å². The predicted molar refractivity (Wildman–Crippen MR) is 123 cm³/mol. The first-order valence-electron chi connectivity index (χ1n) is 10.9. The highest BCUT2D eigenvalue weighted by Crippen LogP contribution is 2.24. The summed E-state index contributed by atoms with van der Waals surface area (Å²) in [7, 11) is 2.05. The van der Waals surface area contributed by atoms with Crippen LogP contribution in [0.15, 0.2) is 72.9 Å². The Morgan fingerprint density at radius 3 is 2.58 bits per heavy atom. The van der Waals surface area contributed by atoms with Gasteiger partial charge in [-0.1, -0.05) is 42.5 Å². The summed E-state index contributed by atoms with van der Waals surface area (Å²) in [6.07, 6.45) is 3.43. The number of benzene rings is 2. The highest BCUT2D eigenvalue weighted by Gasteiger charge is 2.27. The van der Waals surface area contributed by atoms with E-state index in [0.29, 0.717) is 12.6 Å². The molecule has 0 aliphatic carbocycles. The smallest absolute Gasteiger partial charge is 0.151 e. The van der Waals surface area contributed by atoms with E-state index in [1.54, 1.807) is 6.20 Å². The number of hydrogen-bond donors (Lipinski definition) is 1. The monoisotopic (exact) mass is 418 g/mol. The number of rotatable bonds is 9. The van der Waals surface area contributed by atoms with Crippen LogP contribution in [0.25, 0.3) is 11.1 Å². The first kappa shape index (κ1) is 21.3. The van der Waals surface area contributed by atoms with Crippen molar-refractivity contribution in [1.29, 1.82) is 0 Å². The number of hydrogen-bond acceptors (Lipinski definition) is 6. The SMILES string of the molecule is CN(CC(O)COc1ccc(-c2ccccc2)cc1)CC1CCCN1c1cccnn1. The molecule has 4 rings (SSSR count). The predicted octanol–water partition coefficient (Wildman–Crippen LogP) is 3.48. The molecule has 1 N–H and O–H groups in total. The van der Waals surface area contributed by atoms with Crippen molar-refractivity contribution >= 4 is 5.82 Å². The van der Waals surface area contributed by atoms with Gasteiger partial charge in [0.1, 0.15) is 18.5 Å². The zero-order valence-corrected chi connectivity index (χ0v) is 18.0. The lowest BCUT2D eigenvalue weighted by Gasteiger charge is -2.30. The van der Waals surface area contributed by atoms with Crippen molar-refractivity contribution in [2.75, 3.05) is 38.2 Å². The first-order valence-corrected chi connectivity index (χ1v) is 10.9. The second kappa shape index (κ2) is 10.4. The lowest BCUT2D eigenvalue weighted by Crippen LogP contribution is -2.42. The van der Waals surface area contributed by atoms with Gasteiger partial charge in [0.2, 0.25) is 0 Å². The second-order valence-electron chi connectivity index (χ2n) is 8.15. The molecule has 0 spiro atoms. The van der Waals surface area contributed by atoms with Crippen molar-refractivity contribution in [3.8, 4) is 16.9 Å². The molecule has 2 aromatic carbocycles. The van der Waals surface area contributed by atoms with Crippen LogP contribution in [0.4, 0.5) is 5.82 Å². The minimum atomic E-state index is -0.551. The van der Waals surface area contributed by atoms with Crippen molar-refractivity contribution in [3.05, 3.63) is 72.9 Å². The fraction of sp³-hybridized carbons (Fsp3) is 0.360. The molecule has 31 heavy (non-hydrogen) atoms. The van der Waals surface area contributed by atoms with Gasteiger partial charge in [0, 0.05) is 31.9 Å². The number of aliphatic hydroxyl groups is 1. The standard InChI is InChI=1S/C25H30N4O2/c1-28(17-22-9-6-16-29(22)25-10-5-15-26-27-25)18-23(30)19-31-24-13-11-21(12-14-24)20-7-3-2-4-8-20/h2-5,7-8,10-15,22-23,30H,6,9,16-19H2,1H3. The first-order chi connectivity index (χ1) is 15.2. The number of aromatic nitrogens is 2. The molecule has 1 aromatic heterocycles. The Morgan fingerprint density at radius 2 is 1.84 bits per heavy atom. The van der Waals surface area contributed by atoms with E-state index in [0.717, 1.165) is 43.1 Å². The molecule has 1 saturated heterocycles. The maximum Gasteiger partial charge on any atom is 0.151 e. The van der Waals surface area contributed by atoms with Crippen molar-refractivity contribution in [2.45, 2.75) is 25.0 Å². The van der Waals surface area contributed by atoms with Gasteiger partial charge in [-0.25, -0.2) is 0 Å². The highest BCUT2D eigenvalue weighted by molar-refractivity contribution is 5.63. The fourth-order valence-electron chi connectivity index (χ4n) is 4.19. The number of anilines is 1. The van der Waals surface area contributed by atoms with Gasteiger partial charge in [-0.2, -0.15) is 5.10 Å². The van der Waals surface area contributed by atoms with Gasteiger partial charge in [-0.3, -0.25) is 0 Å².